The van der Waals surface area contributed by atoms with Gasteiger partial charge in [0, 0.05) is 5.69 Å². The summed E-state index contributed by atoms with van der Waals surface area (Å²) in [6, 6.07) is 6.84. The van der Waals surface area contributed by atoms with E-state index in [1.54, 1.807) is 38.3 Å². The number of carbonyl (C=O) groups excluding carboxylic acids is 2. The molecule has 7 nitrogen and oxygen atoms in total. The highest BCUT2D eigenvalue weighted by Crippen LogP contribution is 2.17. The van der Waals surface area contributed by atoms with Crippen molar-refractivity contribution in [2.75, 3.05) is 19.0 Å². The predicted molar refractivity (Wildman–Crippen MR) is 76.8 cm³/mol. The van der Waals surface area contributed by atoms with Crippen molar-refractivity contribution in [1.29, 1.82) is 0 Å². The molecule has 110 valence electrons. The minimum Gasteiger partial charge on any atom is -0.497 e. The standard InChI is InChI=1S/C13H13N3O4S/c1-3-20-13(18)12-16-15-11(21-12)10(17)14-8-4-6-9(19-2)7-5-8/h4-7H,3H2,1-2H3,(H,14,17). The van der Waals surface area contributed by atoms with Crippen molar-refractivity contribution in [2.24, 2.45) is 0 Å². The topological polar surface area (TPSA) is 90.4 Å². The molecular weight excluding hydrogens is 294 g/mol. The van der Waals surface area contributed by atoms with Crippen molar-refractivity contribution < 1.29 is 19.1 Å². The van der Waals surface area contributed by atoms with Gasteiger partial charge in [-0.25, -0.2) is 4.79 Å². The monoisotopic (exact) mass is 307 g/mol. The van der Waals surface area contributed by atoms with Crippen LogP contribution in [0.2, 0.25) is 0 Å². The third-order valence-electron chi connectivity index (χ3n) is 2.42. The maximum absolute atomic E-state index is 12.0. The van der Waals surface area contributed by atoms with Crippen LogP contribution in [0.25, 0.3) is 0 Å². The molecule has 0 aliphatic rings. The van der Waals surface area contributed by atoms with Crippen LogP contribution in [0.5, 0.6) is 5.75 Å². The Morgan fingerprint density at radius 2 is 1.86 bits per heavy atom. The number of nitrogens with one attached hydrogen (secondary N) is 1. The highest BCUT2D eigenvalue weighted by molar-refractivity contribution is 7.15. The maximum atomic E-state index is 12.0. The molecule has 8 heteroatoms. The first kappa shape index (κ1) is 14.9. The second-order valence-electron chi connectivity index (χ2n) is 3.82. The largest absolute Gasteiger partial charge is 0.497 e. The average molecular weight is 307 g/mol. The quantitative estimate of drug-likeness (QED) is 0.849. The molecule has 0 unspecified atom stereocenters. The van der Waals surface area contributed by atoms with Gasteiger partial charge in [-0.1, -0.05) is 11.3 Å². The van der Waals surface area contributed by atoms with Crippen LogP contribution >= 0.6 is 11.3 Å². The van der Waals surface area contributed by atoms with Crippen LogP contribution in [0, 0.1) is 0 Å². The fourth-order valence-electron chi connectivity index (χ4n) is 1.45. The fourth-order valence-corrected chi connectivity index (χ4v) is 2.08. The van der Waals surface area contributed by atoms with Crippen LogP contribution in [-0.2, 0) is 4.74 Å². The fraction of sp³-hybridized carbons (Fsp3) is 0.231. The third-order valence-corrected chi connectivity index (χ3v) is 3.32. The maximum Gasteiger partial charge on any atom is 0.369 e. The molecule has 0 aliphatic carbocycles. The van der Waals surface area contributed by atoms with Crippen LogP contribution in [-0.4, -0.2) is 35.8 Å². The lowest BCUT2D eigenvalue weighted by Crippen LogP contribution is -2.11. The summed E-state index contributed by atoms with van der Waals surface area (Å²) in [7, 11) is 1.56. The third kappa shape index (κ3) is 3.76. The minimum atomic E-state index is -0.585. The van der Waals surface area contributed by atoms with Crippen LogP contribution in [0.1, 0.15) is 26.5 Å². The summed E-state index contributed by atoms with van der Waals surface area (Å²) < 4.78 is 9.82. The molecule has 1 aromatic heterocycles. The molecular formula is C13H13N3O4S. The van der Waals surface area contributed by atoms with Gasteiger partial charge in [0.25, 0.3) is 5.91 Å². The number of amides is 1. The van der Waals surface area contributed by atoms with E-state index in [4.69, 9.17) is 9.47 Å². The lowest BCUT2D eigenvalue weighted by Gasteiger charge is -2.03. The number of ether oxygens (including phenoxy) is 2. The van der Waals surface area contributed by atoms with Gasteiger partial charge < -0.3 is 14.8 Å². The molecule has 0 spiro atoms. The van der Waals surface area contributed by atoms with E-state index in [1.807, 2.05) is 0 Å². The number of rotatable bonds is 5. The molecule has 21 heavy (non-hydrogen) atoms. The van der Waals surface area contributed by atoms with Crippen LogP contribution in [0.4, 0.5) is 5.69 Å². The number of hydrogen-bond donors (Lipinski definition) is 1. The molecule has 1 N–H and O–H groups in total. The van der Waals surface area contributed by atoms with E-state index in [9.17, 15) is 9.59 Å². The SMILES string of the molecule is CCOC(=O)c1nnc(C(=O)Nc2ccc(OC)cc2)s1. The number of nitrogens with zero attached hydrogens (tertiary/aromatic N) is 2. The highest BCUT2D eigenvalue weighted by atomic mass is 32.1. The predicted octanol–water partition coefficient (Wildman–Crippen LogP) is 1.98. The molecule has 1 heterocycles. The summed E-state index contributed by atoms with van der Waals surface area (Å²) in [4.78, 5) is 23.4. The van der Waals surface area contributed by atoms with Crippen molar-refractivity contribution in [3.05, 3.63) is 34.3 Å². The number of hydrogen-bond acceptors (Lipinski definition) is 7. The first-order valence-electron chi connectivity index (χ1n) is 6.10. The zero-order valence-corrected chi connectivity index (χ0v) is 12.3. The average Bonchev–Trinajstić information content (AvgIpc) is 2.98. The number of methoxy groups -OCH3 is 1. The molecule has 0 atom stereocenters. The van der Waals surface area contributed by atoms with E-state index in [2.05, 4.69) is 15.5 Å². The van der Waals surface area contributed by atoms with Gasteiger partial charge in [0.05, 0.1) is 13.7 Å². The summed E-state index contributed by atoms with van der Waals surface area (Å²) >= 11 is 0.882. The van der Waals surface area contributed by atoms with E-state index in [0.29, 0.717) is 11.4 Å². The lowest BCUT2D eigenvalue weighted by molar-refractivity contribution is 0.0525. The first-order chi connectivity index (χ1) is 10.1. The van der Waals surface area contributed by atoms with Gasteiger partial charge >= 0.3 is 5.97 Å². The summed E-state index contributed by atoms with van der Waals surface area (Å²) in [5.74, 6) is -0.333. The van der Waals surface area contributed by atoms with Crippen molar-refractivity contribution in [1.82, 2.24) is 10.2 Å². The molecule has 2 rings (SSSR count). The van der Waals surface area contributed by atoms with Crippen molar-refractivity contribution in [3.8, 4) is 5.75 Å². The molecule has 0 radical (unpaired) electrons. The van der Waals surface area contributed by atoms with Gasteiger partial charge in [-0.15, -0.1) is 10.2 Å². The lowest BCUT2D eigenvalue weighted by atomic mass is 10.3. The molecule has 1 amide bonds. The summed E-state index contributed by atoms with van der Waals surface area (Å²) in [6.07, 6.45) is 0. The molecule has 0 fully saturated rings. The number of benzene rings is 1. The second kappa shape index (κ2) is 6.80. The number of carbonyl (C=O) groups is 2. The Labute approximate surface area is 124 Å². The summed E-state index contributed by atoms with van der Waals surface area (Å²) in [5.41, 5.74) is 0.591. The smallest absolute Gasteiger partial charge is 0.369 e. The van der Waals surface area contributed by atoms with Crippen molar-refractivity contribution >= 4 is 28.9 Å². The number of anilines is 1. The second-order valence-corrected chi connectivity index (χ2v) is 4.79. The minimum absolute atomic E-state index is 0.0525. The van der Waals surface area contributed by atoms with E-state index in [1.165, 1.54) is 0 Å². The van der Waals surface area contributed by atoms with E-state index < -0.39 is 11.9 Å². The first-order valence-corrected chi connectivity index (χ1v) is 6.91. The van der Waals surface area contributed by atoms with Crippen molar-refractivity contribution in [2.45, 2.75) is 6.92 Å². The van der Waals surface area contributed by atoms with Gasteiger partial charge in [-0.2, -0.15) is 0 Å². The molecule has 0 saturated carbocycles. The number of esters is 1. The van der Waals surface area contributed by atoms with Crippen molar-refractivity contribution in [3.63, 3.8) is 0 Å². The van der Waals surface area contributed by atoms with Crippen LogP contribution in [0.15, 0.2) is 24.3 Å². The molecule has 0 bridgehead atoms. The Kier molecular flexibility index (Phi) is 4.83. The zero-order valence-electron chi connectivity index (χ0n) is 11.5. The zero-order chi connectivity index (χ0) is 15.2. The van der Waals surface area contributed by atoms with Gasteiger partial charge in [0.2, 0.25) is 10.0 Å². The molecule has 0 aliphatic heterocycles. The van der Waals surface area contributed by atoms with Gasteiger partial charge in [-0.05, 0) is 31.2 Å². The summed E-state index contributed by atoms with van der Waals surface area (Å²) in [6.45, 7) is 1.93. The van der Waals surface area contributed by atoms with Gasteiger partial charge in [0.1, 0.15) is 5.75 Å². The van der Waals surface area contributed by atoms with E-state index in [-0.39, 0.29) is 16.6 Å². The molecule has 2 aromatic rings. The Balaban J connectivity index is 2.04. The van der Waals surface area contributed by atoms with Crippen LogP contribution in [0.3, 0.4) is 0 Å². The number of aromatic nitrogens is 2. The van der Waals surface area contributed by atoms with Gasteiger partial charge in [0.15, 0.2) is 0 Å². The highest BCUT2D eigenvalue weighted by Gasteiger charge is 2.18. The Hall–Kier alpha value is -2.48. The Morgan fingerprint density at radius 1 is 1.19 bits per heavy atom. The van der Waals surface area contributed by atoms with E-state index >= 15 is 0 Å². The summed E-state index contributed by atoms with van der Waals surface area (Å²) in [5, 5.41) is 10.1. The normalized spacial score (nSPS) is 10.0. The van der Waals surface area contributed by atoms with Crippen LogP contribution < -0.4 is 10.1 Å². The molecule has 1 aromatic carbocycles. The molecule has 0 saturated heterocycles. The Morgan fingerprint density at radius 3 is 2.48 bits per heavy atom. The Bertz CT molecular complexity index is 639. The van der Waals surface area contributed by atoms with Gasteiger partial charge in [-0.3, -0.25) is 4.79 Å². The van der Waals surface area contributed by atoms with E-state index in [0.717, 1.165) is 11.3 Å².